The topological polar surface area (TPSA) is 21.3 Å². The Morgan fingerprint density at radius 2 is 1.95 bits per heavy atom. The van der Waals surface area contributed by atoms with E-state index < -0.39 is 0 Å². The number of fused-ring (bicyclic) bond motifs is 3. The summed E-state index contributed by atoms with van der Waals surface area (Å²) >= 11 is 0. The third-order valence-electron chi connectivity index (χ3n) is 6.80. The van der Waals surface area contributed by atoms with Gasteiger partial charge in [0, 0.05) is 30.0 Å². The van der Waals surface area contributed by atoms with Crippen molar-refractivity contribution in [3.05, 3.63) is 35.4 Å². The Morgan fingerprint density at radius 3 is 2.76 bits per heavy atom. The molecule has 1 spiro atoms. The number of nitrogens with one attached hydrogen (secondary N) is 1. The highest BCUT2D eigenvalue weighted by molar-refractivity contribution is 5.31. The van der Waals surface area contributed by atoms with Gasteiger partial charge in [0.15, 0.2) is 0 Å². The van der Waals surface area contributed by atoms with Crippen LogP contribution in [-0.4, -0.2) is 24.8 Å². The van der Waals surface area contributed by atoms with Gasteiger partial charge in [-0.1, -0.05) is 30.7 Å². The van der Waals surface area contributed by atoms with E-state index in [0.29, 0.717) is 17.6 Å². The molecule has 0 bridgehead atoms. The Balaban J connectivity index is 1.32. The summed E-state index contributed by atoms with van der Waals surface area (Å²) in [5, 5.41) is 4.08. The molecule has 1 aromatic carbocycles. The van der Waals surface area contributed by atoms with E-state index in [1.807, 2.05) is 0 Å². The number of rotatable bonds is 2. The largest absolute Gasteiger partial charge is 0.377 e. The molecule has 1 aromatic rings. The lowest BCUT2D eigenvalue weighted by Gasteiger charge is -2.64. The number of hydrogen-bond acceptors (Lipinski definition) is 2. The van der Waals surface area contributed by atoms with Gasteiger partial charge in [-0.15, -0.1) is 0 Å². The highest BCUT2D eigenvalue weighted by Crippen LogP contribution is 2.63. The summed E-state index contributed by atoms with van der Waals surface area (Å²) < 4.78 is 6.05. The fourth-order valence-electron chi connectivity index (χ4n) is 5.59. The SMILES string of the molecule is c1ccc2c(c1)CCC(NC1C3CCOC3C13CCC3)C2. The predicted molar refractivity (Wildman–Crippen MR) is 83.3 cm³/mol. The summed E-state index contributed by atoms with van der Waals surface area (Å²) in [5.74, 6) is 0.808. The van der Waals surface area contributed by atoms with Crippen LogP contribution in [0.15, 0.2) is 24.3 Å². The van der Waals surface area contributed by atoms with E-state index in [9.17, 15) is 0 Å². The molecular weight excluding hydrogens is 258 g/mol. The van der Waals surface area contributed by atoms with E-state index in [1.165, 1.54) is 44.9 Å². The molecule has 3 fully saturated rings. The first kappa shape index (κ1) is 12.7. The lowest BCUT2D eigenvalue weighted by atomic mass is 9.46. The summed E-state index contributed by atoms with van der Waals surface area (Å²) in [6.45, 7) is 1.00. The molecule has 1 N–H and O–H groups in total. The maximum Gasteiger partial charge on any atom is 0.0690 e. The van der Waals surface area contributed by atoms with Crippen LogP contribution in [0.2, 0.25) is 0 Å². The highest BCUT2D eigenvalue weighted by Gasteiger charge is 2.66. The second-order valence-electron chi connectivity index (χ2n) is 7.68. The molecule has 3 aliphatic carbocycles. The Labute approximate surface area is 127 Å². The van der Waals surface area contributed by atoms with Gasteiger partial charge in [0.05, 0.1) is 6.10 Å². The molecule has 4 atom stereocenters. The third kappa shape index (κ3) is 1.72. The van der Waals surface area contributed by atoms with Crippen LogP contribution in [0.5, 0.6) is 0 Å². The zero-order valence-corrected chi connectivity index (χ0v) is 12.7. The molecule has 4 unspecified atom stereocenters. The maximum absolute atomic E-state index is 6.05. The van der Waals surface area contributed by atoms with Crippen molar-refractivity contribution in [2.24, 2.45) is 11.3 Å². The smallest absolute Gasteiger partial charge is 0.0690 e. The van der Waals surface area contributed by atoms with Crippen molar-refractivity contribution < 1.29 is 4.74 Å². The van der Waals surface area contributed by atoms with Crippen molar-refractivity contribution in [3.63, 3.8) is 0 Å². The summed E-state index contributed by atoms with van der Waals surface area (Å²) in [6, 6.07) is 10.4. The first-order chi connectivity index (χ1) is 10.4. The van der Waals surface area contributed by atoms with Crippen LogP contribution in [0.25, 0.3) is 0 Å². The molecule has 0 amide bonds. The van der Waals surface area contributed by atoms with E-state index in [1.54, 1.807) is 11.1 Å². The summed E-state index contributed by atoms with van der Waals surface area (Å²) in [4.78, 5) is 0. The third-order valence-corrected chi connectivity index (χ3v) is 6.80. The van der Waals surface area contributed by atoms with Crippen LogP contribution >= 0.6 is 0 Å². The van der Waals surface area contributed by atoms with Gasteiger partial charge in [0.2, 0.25) is 0 Å². The van der Waals surface area contributed by atoms with E-state index in [4.69, 9.17) is 4.74 Å². The number of hydrogen-bond donors (Lipinski definition) is 1. The zero-order chi connectivity index (χ0) is 13.9. The minimum Gasteiger partial charge on any atom is -0.377 e. The highest BCUT2D eigenvalue weighted by atomic mass is 16.5. The fraction of sp³-hybridized carbons (Fsp3) is 0.684. The Morgan fingerprint density at radius 1 is 1.10 bits per heavy atom. The molecular formula is C19H25NO. The molecule has 1 heterocycles. The average Bonchev–Trinajstić information content (AvgIpc) is 2.88. The minimum atomic E-state index is 0.526. The summed E-state index contributed by atoms with van der Waals surface area (Å²) in [7, 11) is 0. The van der Waals surface area contributed by atoms with Gasteiger partial charge in [0.1, 0.15) is 0 Å². The van der Waals surface area contributed by atoms with Crippen LogP contribution in [0.4, 0.5) is 0 Å². The molecule has 1 aliphatic heterocycles. The molecule has 0 radical (unpaired) electrons. The van der Waals surface area contributed by atoms with E-state index in [0.717, 1.165) is 18.6 Å². The second kappa shape index (κ2) is 4.57. The number of aryl methyl sites for hydroxylation is 1. The Bertz CT molecular complexity index is 550. The molecule has 112 valence electrons. The Kier molecular flexibility index (Phi) is 2.75. The van der Waals surface area contributed by atoms with E-state index >= 15 is 0 Å². The minimum absolute atomic E-state index is 0.526. The van der Waals surface area contributed by atoms with Crippen molar-refractivity contribution in [1.29, 1.82) is 0 Å². The lowest BCUT2D eigenvalue weighted by molar-refractivity contribution is -0.178. The molecule has 4 aliphatic rings. The molecule has 1 saturated heterocycles. The number of benzene rings is 1. The molecule has 5 rings (SSSR count). The standard InChI is InChI=1S/C19H25NO/c1-2-5-14-12-15(7-6-13(14)4-1)20-17-16-8-11-21-18(16)19(17)9-3-10-19/h1-2,4-5,15-18,20H,3,6-12H2. The molecule has 0 aromatic heterocycles. The van der Waals surface area contributed by atoms with Gasteiger partial charge < -0.3 is 10.1 Å². The van der Waals surface area contributed by atoms with Crippen LogP contribution in [0.1, 0.15) is 43.2 Å². The molecule has 21 heavy (non-hydrogen) atoms. The van der Waals surface area contributed by atoms with Crippen molar-refractivity contribution in [2.75, 3.05) is 6.61 Å². The summed E-state index contributed by atoms with van der Waals surface area (Å²) in [6.07, 6.45) is 9.87. The van der Waals surface area contributed by atoms with Crippen molar-refractivity contribution in [2.45, 2.75) is 63.1 Å². The number of ether oxygens (including phenoxy) is 1. The van der Waals surface area contributed by atoms with Gasteiger partial charge in [0.25, 0.3) is 0 Å². The van der Waals surface area contributed by atoms with Gasteiger partial charge in [-0.2, -0.15) is 0 Å². The Hall–Kier alpha value is -0.860. The quantitative estimate of drug-likeness (QED) is 0.900. The van der Waals surface area contributed by atoms with Crippen LogP contribution in [0, 0.1) is 11.3 Å². The molecule has 2 nitrogen and oxygen atoms in total. The first-order valence-electron chi connectivity index (χ1n) is 8.81. The maximum atomic E-state index is 6.05. The van der Waals surface area contributed by atoms with Crippen molar-refractivity contribution in [1.82, 2.24) is 5.32 Å². The van der Waals surface area contributed by atoms with Crippen LogP contribution in [-0.2, 0) is 17.6 Å². The van der Waals surface area contributed by atoms with Gasteiger partial charge in [-0.3, -0.25) is 0 Å². The first-order valence-corrected chi connectivity index (χ1v) is 8.81. The lowest BCUT2D eigenvalue weighted by Crippen LogP contribution is -2.72. The molecule has 2 heteroatoms. The van der Waals surface area contributed by atoms with E-state index in [2.05, 4.69) is 29.6 Å². The fourth-order valence-corrected chi connectivity index (χ4v) is 5.59. The monoisotopic (exact) mass is 283 g/mol. The van der Waals surface area contributed by atoms with Crippen LogP contribution < -0.4 is 5.32 Å². The zero-order valence-electron chi connectivity index (χ0n) is 12.7. The van der Waals surface area contributed by atoms with E-state index in [-0.39, 0.29) is 0 Å². The van der Waals surface area contributed by atoms with Crippen LogP contribution in [0.3, 0.4) is 0 Å². The van der Waals surface area contributed by atoms with Gasteiger partial charge >= 0.3 is 0 Å². The van der Waals surface area contributed by atoms with Gasteiger partial charge in [-0.05, 0) is 49.7 Å². The van der Waals surface area contributed by atoms with Crippen molar-refractivity contribution >= 4 is 0 Å². The second-order valence-corrected chi connectivity index (χ2v) is 7.68. The predicted octanol–water partition coefficient (Wildman–Crippen LogP) is 3.09. The molecule has 2 saturated carbocycles. The van der Waals surface area contributed by atoms with Crippen molar-refractivity contribution in [3.8, 4) is 0 Å². The summed E-state index contributed by atoms with van der Waals surface area (Å²) in [5.41, 5.74) is 3.67. The van der Waals surface area contributed by atoms with Gasteiger partial charge in [-0.25, -0.2) is 0 Å². The normalized spacial score (nSPS) is 39.2. The average molecular weight is 283 g/mol.